The Bertz CT molecular complexity index is 474. The number of pyridine rings is 1. The average molecular weight is 205 g/mol. The molecule has 0 amide bonds. The molecule has 2 rings (SSSR count). The second-order valence-electron chi connectivity index (χ2n) is 3.38. The normalized spacial score (nSPS) is 10.3. The number of halogens is 2. The summed E-state index contributed by atoms with van der Waals surface area (Å²) in [5.41, 5.74) is 2.04. The van der Waals surface area contributed by atoms with Gasteiger partial charge >= 0.3 is 0 Å². The van der Waals surface area contributed by atoms with E-state index in [4.69, 9.17) is 0 Å². The van der Waals surface area contributed by atoms with Crippen LogP contribution < -0.4 is 0 Å². The van der Waals surface area contributed by atoms with Crippen molar-refractivity contribution < 1.29 is 8.78 Å². The molecule has 1 heterocycles. The summed E-state index contributed by atoms with van der Waals surface area (Å²) in [6.07, 6.45) is 1.62. The van der Waals surface area contributed by atoms with Crippen LogP contribution in [-0.4, -0.2) is 4.98 Å². The van der Waals surface area contributed by atoms with E-state index >= 15 is 0 Å². The van der Waals surface area contributed by atoms with Gasteiger partial charge in [-0.05, 0) is 36.8 Å². The van der Waals surface area contributed by atoms with Crippen molar-refractivity contribution in [1.82, 2.24) is 4.98 Å². The second-order valence-corrected chi connectivity index (χ2v) is 3.38. The van der Waals surface area contributed by atoms with Gasteiger partial charge in [0.2, 0.25) is 0 Å². The molecule has 2 aromatic rings. The lowest BCUT2D eigenvalue weighted by Crippen LogP contribution is -1.87. The first-order valence-corrected chi connectivity index (χ1v) is 4.54. The number of nitrogens with zero attached hydrogens (tertiary/aromatic N) is 1. The third-order valence-corrected chi connectivity index (χ3v) is 2.07. The van der Waals surface area contributed by atoms with E-state index in [1.807, 2.05) is 13.0 Å². The Labute approximate surface area is 86.4 Å². The maximum Gasteiger partial charge on any atom is 0.126 e. The van der Waals surface area contributed by atoms with Crippen molar-refractivity contribution in [3.63, 3.8) is 0 Å². The highest BCUT2D eigenvalue weighted by atomic mass is 19.1. The topological polar surface area (TPSA) is 12.9 Å². The Morgan fingerprint density at radius 3 is 2.27 bits per heavy atom. The molecule has 1 nitrogen and oxygen atoms in total. The van der Waals surface area contributed by atoms with Gasteiger partial charge in [0.1, 0.15) is 11.6 Å². The molecule has 0 aliphatic carbocycles. The van der Waals surface area contributed by atoms with Gasteiger partial charge < -0.3 is 0 Å². The van der Waals surface area contributed by atoms with Crippen LogP contribution in [-0.2, 0) is 0 Å². The van der Waals surface area contributed by atoms with E-state index in [1.165, 1.54) is 12.1 Å². The Balaban J connectivity index is 2.54. The molecule has 0 atom stereocenters. The summed E-state index contributed by atoms with van der Waals surface area (Å²) in [6, 6.07) is 7.00. The smallest absolute Gasteiger partial charge is 0.126 e. The molecule has 0 N–H and O–H groups in total. The lowest BCUT2D eigenvalue weighted by Gasteiger charge is -2.02. The Morgan fingerprint density at radius 1 is 1.00 bits per heavy atom. The molecule has 15 heavy (non-hydrogen) atoms. The second kappa shape index (κ2) is 3.77. The van der Waals surface area contributed by atoms with Crippen molar-refractivity contribution in [2.75, 3.05) is 0 Å². The van der Waals surface area contributed by atoms with Gasteiger partial charge in [-0.3, -0.25) is 4.98 Å². The van der Waals surface area contributed by atoms with E-state index in [2.05, 4.69) is 4.98 Å². The van der Waals surface area contributed by atoms with Crippen LogP contribution in [0.5, 0.6) is 0 Å². The monoisotopic (exact) mass is 205 g/mol. The third kappa shape index (κ3) is 2.18. The minimum absolute atomic E-state index is 0.455. The fraction of sp³-hybridized carbons (Fsp3) is 0.0833. The van der Waals surface area contributed by atoms with Gasteiger partial charge in [0.15, 0.2) is 0 Å². The van der Waals surface area contributed by atoms with Crippen LogP contribution in [0.15, 0.2) is 36.5 Å². The first-order chi connectivity index (χ1) is 7.15. The van der Waals surface area contributed by atoms with Gasteiger partial charge in [-0.15, -0.1) is 0 Å². The molecule has 0 aliphatic heterocycles. The van der Waals surface area contributed by atoms with Crippen LogP contribution in [0.3, 0.4) is 0 Å². The number of benzene rings is 1. The molecule has 0 radical (unpaired) electrons. The molecule has 1 aromatic carbocycles. The Kier molecular flexibility index (Phi) is 2.46. The van der Waals surface area contributed by atoms with E-state index in [9.17, 15) is 8.78 Å². The lowest BCUT2D eigenvalue weighted by molar-refractivity contribution is 0.584. The summed E-state index contributed by atoms with van der Waals surface area (Å²) in [5.74, 6) is -1.18. The summed E-state index contributed by atoms with van der Waals surface area (Å²) in [5, 5.41) is 0. The maximum atomic E-state index is 12.9. The first kappa shape index (κ1) is 9.77. The van der Waals surface area contributed by atoms with Crippen molar-refractivity contribution in [3.05, 3.63) is 53.7 Å². The summed E-state index contributed by atoms with van der Waals surface area (Å²) in [6.45, 7) is 1.90. The molecule has 1 aromatic heterocycles. The van der Waals surface area contributed by atoms with E-state index in [0.29, 0.717) is 11.3 Å². The molecule has 0 saturated heterocycles. The van der Waals surface area contributed by atoms with Crippen molar-refractivity contribution >= 4 is 0 Å². The van der Waals surface area contributed by atoms with E-state index in [-0.39, 0.29) is 0 Å². The fourth-order valence-electron chi connectivity index (χ4n) is 1.40. The maximum absolute atomic E-state index is 12.9. The van der Waals surface area contributed by atoms with Crippen LogP contribution in [0.1, 0.15) is 5.56 Å². The van der Waals surface area contributed by atoms with Crippen LogP contribution in [0.4, 0.5) is 8.78 Å². The molecule has 0 fully saturated rings. The fourth-order valence-corrected chi connectivity index (χ4v) is 1.40. The molecular formula is C12H9F2N. The molecule has 3 heteroatoms. The van der Waals surface area contributed by atoms with E-state index in [1.54, 1.807) is 12.3 Å². The molecule has 76 valence electrons. The molecule has 0 aliphatic rings. The largest absolute Gasteiger partial charge is 0.256 e. The standard InChI is InChI=1S/C12H9F2N/c1-8-2-3-15-12(4-8)9-5-10(13)7-11(14)6-9/h2-7H,1H3. The van der Waals surface area contributed by atoms with Gasteiger partial charge in [-0.25, -0.2) is 8.78 Å². The summed E-state index contributed by atoms with van der Waals surface area (Å²) >= 11 is 0. The van der Waals surface area contributed by atoms with Gasteiger partial charge in [-0.2, -0.15) is 0 Å². The van der Waals surface area contributed by atoms with Crippen molar-refractivity contribution in [2.45, 2.75) is 6.92 Å². The number of hydrogen-bond acceptors (Lipinski definition) is 1. The number of aryl methyl sites for hydroxylation is 1. The number of aromatic nitrogens is 1. The van der Waals surface area contributed by atoms with Crippen LogP contribution in [0, 0.1) is 18.6 Å². The van der Waals surface area contributed by atoms with Crippen LogP contribution in [0.2, 0.25) is 0 Å². The van der Waals surface area contributed by atoms with Crippen molar-refractivity contribution in [3.8, 4) is 11.3 Å². The SMILES string of the molecule is Cc1ccnc(-c2cc(F)cc(F)c2)c1. The molecular weight excluding hydrogens is 196 g/mol. The number of rotatable bonds is 1. The predicted octanol–water partition coefficient (Wildman–Crippen LogP) is 3.34. The summed E-state index contributed by atoms with van der Waals surface area (Å²) in [4.78, 5) is 4.06. The van der Waals surface area contributed by atoms with Gasteiger partial charge in [0, 0.05) is 17.8 Å². The summed E-state index contributed by atoms with van der Waals surface area (Å²) in [7, 11) is 0. The van der Waals surface area contributed by atoms with E-state index in [0.717, 1.165) is 11.6 Å². The Morgan fingerprint density at radius 2 is 1.67 bits per heavy atom. The highest BCUT2D eigenvalue weighted by Crippen LogP contribution is 2.20. The zero-order chi connectivity index (χ0) is 10.8. The third-order valence-electron chi connectivity index (χ3n) is 2.07. The molecule has 0 bridgehead atoms. The first-order valence-electron chi connectivity index (χ1n) is 4.54. The van der Waals surface area contributed by atoms with Crippen molar-refractivity contribution in [1.29, 1.82) is 0 Å². The van der Waals surface area contributed by atoms with Crippen molar-refractivity contribution in [2.24, 2.45) is 0 Å². The van der Waals surface area contributed by atoms with Gasteiger partial charge in [0.25, 0.3) is 0 Å². The van der Waals surface area contributed by atoms with Crippen LogP contribution >= 0.6 is 0 Å². The Hall–Kier alpha value is -1.77. The summed E-state index contributed by atoms with van der Waals surface area (Å²) < 4.78 is 25.9. The lowest BCUT2D eigenvalue weighted by atomic mass is 10.1. The number of hydrogen-bond donors (Lipinski definition) is 0. The van der Waals surface area contributed by atoms with E-state index < -0.39 is 11.6 Å². The highest BCUT2D eigenvalue weighted by Gasteiger charge is 2.04. The average Bonchev–Trinajstić information content (AvgIpc) is 2.16. The zero-order valence-corrected chi connectivity index (χ0v) is 8.17. The minimum atomic E-state index is -0.590. The highest BCUT2D eigenvalue weighted by molar-refractivity contribution is 5.59. The zero-order valence-electron chi connectivity index (χ0n) is 8.17. The quantitative estimate of drug-likeness (QED) is 0.695. The molecule has 0 saturated carbocycles. The minimum Gasteiger partial charge on any atom is -0.256 e. The van der Waals surface area contributed by atoms with Gasteiger partial charge in [-0.1, -0.05) is 0 Å². The van der Waals surface area contributed by atoms with Gasteiger partial charge in [0.05, 0.1) is 5.69 Å². The van der Waals surface area contributed by atoms with Crippen LogP contribution in [0.25, 0.3) is 11.3 Å². The molecule has 0 spiro atoms. The predicted molar refractivity (Wildman–Crippen MR) is 54.3 cm³/mol. The molecule has 0 unspecified atom stereocenters.